The van der Waals surface area contributed by atoms with Crippen molar-refractivity contribution in [3.63, 3.8) is 0 Å². The van der Waals surface area contributed by atoms with Gasteiger partial charge in [-0.25, -0.2) is 0 Å². The van der Waals surface area contributed by atoms with Gasteiger partial charge in [0.1, 0.15) is 17.6 Å². The molecule has 8 nitrogen and oxygen atoms in total. The standard InChI is InChI=1S/C20H32N2O6/c1-6-19-8-9-20(28-19)12(13(19)17(26)27-7-2)16(25)22(10-11-23)14(20)15(24)21-18(3,4)5/h12-14,23H,6-11H2,1-5H3,(H,21,24)/t12-,13-,14?,19+,20?/m0/s1. The van der Waals surface area contributed by atoms with Crippen LogP contribution < -0.4 is 5.32 Å². The Hall–Kier alpha value is -1.67. The summed E-state index contributed by atoms with van der Waals surface area (Å²) in [6.45, 7) is 9.26. The van der Waals surface area contributed by atoms with Crippen molar-refractivity contribution in [2.45, 2.75) is 76.7 Å². The first kappa shape index (κ1) is 21.0. The smallest absolute Gasteiger partial charge is 0.312 e. The van der Waals surface area contributed by atoms with E-state index >= 15 is 0 Å². The summed E-state index contributed by atoms with van der Waals surface area (Å²) in [6, 6.07) is -0.871. The molecule has 0 aromatic heterocycles. The number of hydrogen-bond donors (Lipinski definition) is 2. The molecule has 2 N–H and O–H groups in total. The fourth-order valence-corrected chi connectivity index (χ4v) is 5.40. The van der Waals surface area contributed by atoms with Gasteiger partial charge in [-0.15, -0.1) is 0 Å². The lowest BCUT2D eigenvalue weighted by Crippen LogP contribution is -2.58. The molecule has 2 amide bonds. The lowest BCUT2D eigenvalue weighted by molar-refractivity contribution is -0.160. The molecule has 3 rings (SSSR count). The van der Waals surface area contributed by atoms with Crippen LogP contribution in [0.2, 0.25) is 0 Å². The fourth-order valence-electron chi connectivity index (χ4n) is 5.40. The first-order chi connectivity index (χ1) is 13.1. The second-order valence-corrected chi connectivity index (χ2v) is 9.08. The van der Waals surface area contributed by atoms with E-state index in [9.17, 15) is 19.5 Å². The lowest BCUT2D eigenvalue weighted by Gasteiger charge is -2.35. The Morgan fingerprint density at radius 1 is 1.32 bits per heavy atom. The van der Waals surface area contributed by atoms with Crippen LogP contribution in [-0.4, -0.2) is 70.3 Å². The molecule has 2 bridgehead atoms. The number of rotatable bonds is 6. The Bertz CT molecular complexity index is 674. The maximum absolute atomic E-state index is 13.4. The molecule has 8 heteroatoms. The Morgan fingerprint density at radius 2 is 2.00 bits per heavy atom. The summed E-state index contributed by atoms with van der Waals surface area (Å²) in [5.74, 6) is -2.55. The highest BCUT2D eigenvalue weighted by Gasteiger charge is 2.79. The van der Waals surface area contributed by atoms with Gasteiger partial charge in [0.2, 0.25) is 11.8 Å². The number of esters is 1. The number of fused-ring (bicyclic) bond motifs is 1. The van der Waals surface area contributed by atoms with Crippen molar-refractivity contribution in [3.05, 3.63) is 0 Å². The van der Waals surface area contributed by atoms with Crippen LogP contribution >= 0.6 is 0 Å². The highest BCUT2D eigenvalue weighted by Crippen LogP contribution is 2.64. The number of amides is 2. The molecule has 0 saturated carbocycles. The molecular formula is C20H32N2O6. The lowest BCUT2D eigenvalue weighted by atomic mass is 9.65. The molecule has 2 unspecified atom stereocenters. The molecule has 1 spiro atoms. The first-order valence-electron chi connectivity index (χ1n) is 10.2. The van der Waals surface area contributed by atoms with Gasteiger partial charge in [0.15, 0.2) is 0 Å². The van der Waals surface area contributed by atoms with Crippen LogP contribution in [0.4, 0.5) is 0 Å². The summed E-state index contributed by atoms with van der Waals surface area (Å²) >= 11 is 0. The van der Waals surface area contributed by atoms with Crippen LogP contribution in [0.3, 0.4) is 0 Å². The molecule has 5 atom stereocenters. The van der Waals surface area contributed by atoms with Gasteiger partial charge in [0.25, 0.3) is 0 Å². The molecule has 0 aromatic rings. The van der Waals surface area contributed by atoms with Crippen LogP contribution in [-0.2, 0) is 23.9 Å². The van der Waals surface area contributed by atoms with E-state index in [1.165, 1.54) is 4.90 Å². The summed E-state index contributed by atoms with van der Waals surface area (Å²) in [6.07, 6.45) is 1.69. The topological polar surface area (TPSA) is 105 Å². The highest BCUT2D eigenvalue weighted by molar-refractivity contribution is 5.98. The van der Waals surface area contributed by atoms with E-state index in [0.29, 0.717) is 19.3 Å². The van der Waals surface area contributed by atoms with Crippen molar-refractivity contribution in [1.29, 1.82) is 0 Å². The molecule has 3 saturated heterocycles. The van der Waals surface area contributed by atoms with Crippen molar-refractivity contribution < 1.29 is 29.0 Å². The Kier molecular flexibility index (Phi) is 5.25. The first-order valence-corrected chi connectivity index (χ1v) is 10.2. The molecule has 3 aliphatic rings. The van der Waals surface area contributed by atoms with E-state index in [0.717, 1.165) is 0 Å². The minimum Gasteiger partial charge on any atom is -0.466 e. The monoisotopic (exact) mass is 396 g/mol. The molecule has 0 aliphatic carbocycles. The molecular weight excluding hydrogens is 364 g/mol. The van der Waals surface area contributed by atoms with E-state index in [4.69, 9.17) is 9.47 Å². The van der Waals surface area contributed by atoms with Crippen LogP contribution in [0.5, 0.6) is 0 Å². The third-order valence-corrected chi connectivity index (χ3v) is 6.31. The largest absolute Gasteiger partial charge is 0.466 e. The molecule has 158 valence electrons. The van der Waals surface area contributed by atoms with Crippen LogP contribution in [0, 0.1) is 11.8 Å². The van der Waals surface area contributed by atoms with Crippen LogP contribution in [0.25, 0.3) is 0 Å². The molecule has 28 heavy (non-hydrogen) atoms. The van der Waals surface area contributed by atoms with Crippen molar-refractivity contribution in [2.24, 2.45) is 11.8 Å². The average molecular weight is 396 g/mol. The second-order valence-electron chi connectivity index (χ2n) is 9.08. The Labute approximate surface area is 165 Å². The number of aliphatic hydroxyl groups is 1. The summed E-state index contributed by atoms with van der Waals surface area (Å²) in [7, 11) is 0. The van der Waals surface area contributed by atoms with Gasteiger partial charge in [-0.2, -0.15) is 0 Å². The van der Waals surface area contributed by atoms with Gasteiger partial charge in [0, 0.05) is 12.1 Å². The van der Waals surface area contributed by atoms with Crippen molar-refractivity contribution >= 4 is 17.8 Å². The molecule has 0 radical (unpaired) electrons. The number of nitrogens with zero attached hydrogens (tertiary/aromatic N) is 1. The zero-order chi connectivity index (χ0) is 20.9. The SMILES string of the molecule is CCOC(=O)[C@@H]1[C@H]2C(=O)N(CCO)C(C(=O)NC(C)(C)C)C23CC[C@@]1(CC)O3. The van der Waals surface area contributed by atoms with E-state index in [1.54, 1.807) is 6.92 Å². The summed E-state index contributed by atoms with van der Waals surface area (Å²) in [5.41, 5.74) is -2.33. The summed E-state index contributed by atoms with van der Waals surface area (Å²) < 4.78 is 11.8. The highest BCUT2D eigenvalue weighted by atomic mass is 16.6. The molecule has 3 aliphatic heterocycles. The number of carbonyl (C=O) groups excluding carboxylic acids is 3. The Balaban J connectivity index is 2.06. The number of β-amino-alcohol motifs (C(OH)–C–C–N with tert-alkyl or cyclic N) is 1. The predicted molar refractivity (Wildman–Crippen MR) is 100 cm³/mol. The second kappa shape index (κ2) is 6.99. The third kappa shape index (κ3) is 2.92. The van der Waals surface area contributed by atoms with E-state index in [1.807, 2.05) is 27.7 Å². The van der Waals surface area contributed by atoms with Crippen molar-refractivity contribution in [3.8, 4) is 0 Å². The minimum atomic E-state index is -1.06. The van der Waals surface area contributed by atoms with Gasteiger partial charge in [-0.1, -0.05) is 6.92 Å². The number of likely N-dealkylation sites (tertiary alicyclic amines) is 1. The van der Waals surface area contributed by atoms with Gasteiger partial charge in [0.05, 0.1) is 24.7 Å². The fraction of sp³-hybridized carbons (Fsp3) is 0.850. The van der Waals surface area contributed by atoms with E-state index < -0.39 is 40.6 Å². The predicted octanol–water partition coefficient (Wildman–Crippen LogP) is 0.611. The number of nitrogens with one attached hydrogen (secondary N) is 1. The van der Waals surface area contributed by atoms with Crippen molar-refractivity contribution in [1.82, 2.24) is 10.2 Å². The molecule has 3 fully saturated rings. The normalized spacial score (nSPS) is 36.6. The number of ether oxygens (including phenoxy) is 2. The van der Waals surface area contributed by atoms with E-state index in [2.05, 4.69) is 5.32 Å². The van der Waals surface area contributed by atoms with Gasteiger partial charge < -0.3 is 24.8 Å². The zero-order valence-corrected chi connectivity index (χ0v) is 17.4. The maximum atomic E-state index is 13.4. The molecule has 0 aromatic carbocycles. The van der Waals surface area contributed by atoms with Gasteiger partial charge >= 0.3 is 5.97 Å². The van der Waals surface area contributed by atoms with Crippen LogP contribution in [0.15, 0.2) is 0 Å². The summed E-state index contributed by atoms with van der Waals surface area (Å²) in [5, 5.41) is 12.5. The third-order valence-electron chi connectivity index (χ3n) is 6.31. The molecule has 3 heterocycles. The minimum absolute atomic E-state index is 0.0251. The van der Waals surface area contributed by atoms with Gasteiger partial charge in [-0.05, 0) is 47.0 Å². The van der Waals surface area contributed by atoms with E-state index in [-0.39, 0.29) is 31.6 Å². The number of carbonyl (C=O) groups is 3. The summed E-state index contributed by atoms with van der Waals surface area (Å²) in [4.78, 5) is 40.8. The van der Waals surface area contributed by atoms with Gasteiger partial charge in [-0.3, -0.25) is 14.4 Å². The van der Waals surface area contributed by atoms with Crippen molar-refractivity contribution in [2.75, 3.05) is 19.8 Å². The average Bonchev–Trinajstić information content (AvgIpc) is 3.18. The number of hydrogen-bond acceptors (Lipinski definition) is 6. The number of aliphatic hydroxyl groups excluding tert-OH is 1. The zero-order valence-electron chi connectivity index (χ0n) is 17.4. The maximum Gasteiger partial charge on any atom is 0.312 e. The van der Waals surface area contributed by atoms with Crippen LogP contribution in [0.1, 0.15) is 53.9 Å². The quantitative estimate of drug-likeness (QED) is 0.638. The Morgan fingerprint density at radius 3 is 2.54 bits per heavy atom.